The first-order valence-corrected chi connectivity index (χ1v) is 47.2. The van der Waals surface area contributed by atoms with Crippen molar-refractivity contribution in [3.63, 3.8) is 0 Å². The number of fused-ring (bicyclic) bond motifs is 5. The molecule has 16 heterocycles. The summed E-state index contributed by atoms with van der Waals surface area (Å²) in [4.78, 5) is 117. The van der Waals surface area contributed by atoms with Gasteiger partial charge in [-0.3, -0.25) is 62.1 Å². The van der Waals surface area contributed by atoms with Crippen molar-refractivity contribution in [1.82, 2.24) is 114 Å². The molecule has 0 bridgehead atoms. The van der Waals surface area contributed by atoms with Gasteiger partial charge in [0.05, 0.1) is 58.6 Å². The average molecular weight is 2010 g/mol. The number of aryl methyl sites for hydroxylation is 6. The summed E-state index contributed by atoms with van der Waals surface area (Å²) >= 11 is 5.84. The number of hydrogen-bond acceptors (Lipinski definition) is 19. The number of cyclic esters (lactones) is 1. The zero-order chi connectivity index (χ0) is 104. The van der Waals surface area contributed by atoms with E-state index >= 15 is 0 Å². The number of amides is 6. The standard InChI is InChI=1S/C25H22FN5O3.C25H24FN5O2.C24H22FN5O2.C19H15FN4.C18H11ClF2N4/c1-16-13-17(4-6-20(16)26)23-19(3-2-8-27-23)18-5-7-22-29-14-21(31(22)15-18)24(32)28-9-10-30-11-12-34-25(30)33;1-16-13-18(6-8-21(16)26)24-20(5-3-10-28-24)19-7-9-23-30-14-22(31(23)15-19)25(33)29-12-4-11-27-17(2)32;1-15-12-17(5-7-20(15)25)23-19(4-3-9-27-23)18-6-8-22-29-13-21(30(22)14-18)24(32)28-11-10-26-16(2)31;1-12-9-18-22-11-23-24(18)10-16(12)15-4-3-7-21-19(15)14-5-6-17(20)13(2)8-14;1-10-11(4-5-17-23-9-24-25(10)17)12-3-2-6-22-18(12)13-7-14(19)16(21)8-15(13)20/h2-8,13-15H,9-12H2,1H3,(H,28,32);3,5-10,13-15H,4,11-12H2,1-2H3,(H,27,32)(H,29,33);3-9,12-14H,10-11H2,1-2H3,(H,26,31)(H,28,32);3-11H,1-2H3;2-9H,1H3. The SMILES string of the molecule is CC(=O)NCCCNC(=O)c1cnc2ccc(-c3cccnc3-c3ccc(F)c(C)c3)cn12.CC(=O)NCCNC(=O)c1cnc2ccc(-c3cccnc3-c3ccc(F)c(C)c3)cn12.Cc1c(-c2cccnc2-c2cc(Cl)c(F)cc2F)ccc2ncnn12.Cc1cc(-c2ncccc2-c2ccc3ncc(C(=O)NCCN4CCOC4=O)n3c2)ccc1F.Cc1cc(-c2ncccc2-c2cn3ncnc3cc2C)ccc1F. The molecule has 30 nitrogen and oxygen atoms in total. The minimum absolute atomic E-state index is 0.0961. The normalized spacial score (nSPS) is 11.5. The van der Waals surface area contributed by atoms with Gasteiger partial charge in [-0.2, -0.15) is 10.2 Å². The van der Waals surface area contributed by atoms with E-state index < -0.39 is 11.6 Å². The topological polar surface area (TPSA) is 352 Å². The van der Waals surface area contributed by atoms with E-state index in [1.807, 2.05) is 154 Å². The predicted octanol–water partition coefficient (Wildman–Crippen LogP) is 19.7. The van der Waals surface area contributed by atoms with Gasteiger partial charge >= 0.3 is 6.09 Å². The van der Waals surface area contributed by atoms with E-state index in [9.17, 15) is 55.1 Å². The fourth-order valence-electron chi connectivity index (χ4n) is 16.8. The van der Waals surface area contributed by atoms with Gasteiger partial charge in [0.25, 0.3) is 17.7 Å². The number of rotatable bonds is 23. The van der Waals surface area contributed by atoms with Gasteiger partial charge in [-0.15, -0.1) is 0 Å². The van der Waals surface area contributed by atoms with E-state index in [-0.39, 0.29) is 69.5 Å². The van der Waals surface area contributed by atoms with E-state index in [0.717, 1.165) is 112 Å². The van der Waals surface area contributed by atoms with Crippen molar-refractivity contribution in [2.24, 2.45) is 0 Å². The molecule has 1 saturated heterocycles. The molecular formula is C111H94ClF6N23O7. The second-order valence-corrected chi connectivity index (χ2v) is 34.9. The van der Waals surface area contributed by atoms with Crippen LogP contribution in [0.2, 0.25) is 5.02 Å². The highest BCUT2D eigenvalue weighted by Crippen LogP contribution is 2.40. The third kappa shape index (κ3) is 23.0. The van der Waals surface area contributed by atoms with Crippen molar-refractivity contribution in [1.29, 1.82) is 0 Å². The molecule has 0 aliphatic carbocycles. The molecule has 21 rings (SSSR count). The Bertz CT molecular complexity index is 8460. The molecular weight excluding hydrogens is 1920 g/mol. The quantitative estimate of drug-likeness (QED) is 0.0226. The van der Waals surface area contributed by atoms with Gasteiger partial charge in [0.15, 0.2) is 11.3 Å². The van der Waals surface area contributed by atoms with Gasteiger partial charge in [0, 0.05) is 204 Å². The fraction of sp³-hybridized carbons (Fsp3) is 0.153. The second kappa shape index (κ2) is 45.5. The van der Waals surface area contributed by atoms with Crippen LogP contribution in [0.4, 0.5) is 31.1 Å². The first kappa shape index (κ1) is 101. The molecule has 5 aromatic carbocycles. The zero-order valence-corrected chi connectivity index (χ0v) is 81.8. The van der Waals surface area contributed by atoms with Crippen LogP contribution in [0, 0.1) is 76.4 Å². The minimum atomic E-state index is -0.805. The highest BCUT2D eigenvalue weighted by Gasteiger charge is 2.26. The Morgan fingerprint density at radius 3 is 1.18 bits per heavy atom. The van der Waals surface area contributed by atoms with E-state index in [1.54, 1.807) is 134 Å². The van der Waals surface area contributed by atoms with E-state index in [2.05, 4.69) is 86.6 Å². The number of carbonyl (C=O) groups excluding carboxylic acids is 6. The molecule has 15 aromatic heterocycles. The fourth-order valence-corrected chi connectivity index (χ4v) is 17.0. The van der Waals surface area contributed by atoms with Gasteiger partial charge in [0.2, 0.25) is 11.8 Å². The molecule has 5 N–H and O–H groups in total. The molecule has 37 heteroatoms. The number of benzene rings is 5. The van der Waals surface area contributed by atoms with Crippen molar-refractivity contribution < 1.29 is 59.8 Å². The maximum absolute atomic E-state index is 14.3. The lowest BCUT2D eigenvalue weighted by atomic mass is 9.97. The smallest absolute Gasteiger partial charge is 0.409 e. The number of halogens is 7. The summed E-state index contributed by atoms with van der Waals surface area (Å²) in [6.07, 6.45) is 23.7. The Morgan fingerprint density at radius 2 is 0.730 bits per heavy atom. The number of ether oxygens (including phenoxy) is 1. The van der Waals surface area contributed by atoms with E-state index in [4.69, 9.17) is 16.3 Å². The van der Waals surface area contributed by atoms with Gasteiger partial charge in [-0.1, -0.05) is 41.9 Å². The summed E-state index contributed by atoms with van der Waals surface area (Å²) in [6.45, 7) is 16.9. The first-order chi connectivity index (χ1) is 71.6. The van der Waals surface area contributed by atoms with Crippen molar-refractivity contribution in [2.75, 3.05) is 52.4 Å². The van der Waals surface area contributed by atoms with Crippen LogP contribution < -0.4 is 26.6 Å². The van der Waals surface area contributed by atoms with E-state index in [1.165, 1.54) is 75.4 Å². The Balaban J connectivity index is 0.000000127. The molecule has 1 fully saturated rings. The number of hydrogen-bond donors (Lipinski definition) is 5. The number of carbonyl (C=O) groups is 6. The van der Waals surface area contributed by atoms with E-state index in [0.29, 0.717) is 138 Å². The largest absolute Gasteiger partial charge is 0.448 e. The molecule has 0 spiro atoms. The van der Waals surface area contributed by atoms with Crippen LogP contribution in [-0.4, -0.2) is 175 Å². The highest BCUT2D eigenvalue weighted by molar-refractivity contribution is 6.31. The average Bonchev–Trinajstić information content (AvgIpc) is 1.81. The molecule has 0 unspecified atom stereocenters. The summed E-state index contributed by atoms with van der Waals surface area (Å²) in [5.74, 6) is -3.61. The third-order valence-corrected chi connectivity index (χ3v) is 24.7. The maximum Gasteiger partial charge on any atom is 0.409 e. The molecule has 0 saturated carbocycles. The molecule has 6 amide bonds. The molecule has 1 aliphatic heterocycles. The monoisotopic (exact) mass is 2010 g/mol. The molecule has 148 heavy (non-hydrogen) atoms. The number of nitrogens with zero attached hydrogens (tertiary/aromatic N) is 18. The van der Waals surface area contributed by atoms with Gasteiger partial charge < -0.3 is 36.2 Å². The molecule has 1 aliphatic rings. The van der Waals surface area contributed by atoms with Crippen LogP contribution >= 0.6 is 11.6 Å². The van der Waals surface area contributed by atoms with Crippen LogP contribution in [0.25, 0.3) is 140 Å². The Kier molecular flexibility index (Phi) is 31.1. The molecule has 0 atom stereocenters. The summed E-state index contributed by atoms with van der Waals surface area (Å²) in [7, 11) is 0. The highest BCUT2D eigenvalue weighted by atomic mass is 35.5. The lowest BCUT2D eigenvalue weighted by molar-refractivity contribution is -0.119. The summed E-state index contributed by atoms with van der Waals surface area (Å²) in [5, 5.41) is 22.1. The lowest BCUT2D eigenvalue weighted by Gasteiger charge is -2.13. The zero-order valence-electron chi connectivity index (χ0n) is 81.1. The van der Waals surface area contributed by atoms with Crippen molar-refractivity contribution in [3.8, 4) is 112 Å². The van der Waals surface area contributed by atoms with Gasteiger partial charge in [-0.25, -0.2) is 65.1 Å². The van der Waals surface area contributed by atoms with Crippen LogP contribution in [0.3, 0.4) is 0 Å². The van der Waals surface area contributed by atoms with Crippen LogP contribution in [0.5, 0.6) is 0 Å². The lowest BCUT2D eigenvalue weighted by Crippen LogP contribution is -2.35. The predicted molar refractivity (Wildman–Crippen MR) is 550 cm³/mol. The Hall–Kier alpha value is -18.4. The van der Waals surface area contributed by atoms with Gasteiger partial charge in [-0.05, 0) is 240 Å². The number of pyridine rings is 10. The molecule has 0 radical (unpaired) electrons. The summed E-state index contributed by atoms with van der Waals surface area (Å²) in [5.41, 5.74) is 24.2. The minimum Gasteiger partial charge on any atom is -0.448 e. The second-order valence-electron chi connectivity index (χ2n) is 34.5. The Morgan fingerprint density at radius 1 is 0.345 bits per heavy atom. The van der Waals surface area contributed by atoms with Gasteiger partial charge in [0.1, 0.15) is 88.2 Å². The van der Waals surface area contributed by atoms with Crippen molar-refractivity contribution >= 4 is 75.5 Å². The molecule has 744 valence electrons. The Labute approximate surface area is 848 Å². The number of aromatic nitrogens is 17. The third-order valence-electron chi connectivity index (χ3n) is 24.4. The van der Waals surface area contributed by atoms with Crippen molar-refractivity contribution in [3.05, 3.63) is 378 Å². The number of imidazole rings is 3. The summed E-state index contributed by atoms with van der Waals surface area (Å²) < 4.78 is 96.3. The van der Waals surface area contributed by atoms with Crippen LogP contribution in [-0.2, 0) is 14.3 Å². The van der Waals surface area contributed by atoms with Crippen LogP contribution in [0.1, 0.15) is 85.2 Å². The summed E-state index contributed by atoms with van der Waals surface area (Å²) in [6, 6.07) is 57.6. The van der Waals surface area contributed by atoms with Crippen LogP contribution in [0.15, 0.2) is 287 Å². The maximum atomic E-state index is 14.3. The first-order valence-electron chi connectivity index (χ1n) is 46.8. The molecule has 20 aromatic rings. The van der Waals surface area contributed by atoms with Crippen molar-refractivity contribution in [2.45, 2.75) is 61.8 Å². The number of nitrogens with one attached hydrogen (secondary N) is 5.